The summed E-state index contributed by atoms with van der Waals surface area (Å²) in [7, 11) is -1.99. The Balaban J connectivity index is 1.82. The molecule has 136 valence electrons. The molecule has 0 atom stereocenters. The zero-order valence-electron chi connectivity index (χ0n) is 14.8. The van der Waals surface area contributed by atoms with Crippen molar-refractivity contribution in [3.8, 4) is 6.07 Å². The number of hydrogen-bond donors (Lipinski definition) is 0. The fourth-order valence-corrected chi connectivity index (χ4v) is 8.31. The number of likely N-dealkylation sites (tertiary alicyclic amines) is 1. The number of nitriles is 1. The van der Waals surface area contributed by atoms with Gasteiger partial charge in [0.1, 0.15) is 11.4 Å². The van der Waals surface area contributed by atoms with E-state index >= 15 is 0 Å². The van der Waals surface area contributed by atoms with Gasteiger partial charge in [0, 0.05) is 39.3 Å². The van der Waals surface area contributed by atoms with Crippen LogP contribution in [0.1, 0.15) is 12.8 Å². The summed E-state index contributed by atoms with van der Waals surface area (Å²) in [6.07, 6.45) is 6.80. The van der Waals surface area contributed by atoms with Crippen LogP contribution in [0.25, 0.3) is 0 Å². The predicted octanol–water partition coefficient (Wildman–Crippen LogP) is 1.70. The lowest BCUT2D eigenvalue weighted by Crippen LogP contribution is -2.45. The maximum absolute atomic E-state index is 10.2. The largest absolute Gasteiger partial charge is 0.379 e. The van der Waals surface area contributed by atoms with E-state index in [4.69, 9.17) is 9.47 Å². The van der Waals surface area contributed by atoms with Crippen molar-refractivity contribution < 1.29 is 9.47 Å². The molecule has 6 nitrogen and oxygen atoms in total. The van der Waals surface area contributed by atoms with Crippen molar-refractivity contribution in [2.45, 2.75) is 12.8 Å². The average molecular weight is 362 g/mol. The summed E-state index contributed by atoms with van der Waals surface area (Å²) in [6.45, 7) is 8.73. The molecule has 0 N–H and O–H groups in total. The number of rotatable bonds is 3. The van der Waals surface area contributed by atoms with Gasteiger partial charge in [0.25, 0.3) is 0 Å². The molecular formula is C18H27N4O2P. The Kier molecular flexibility index (Phi) is 5.30. The van der Waals surface area contributed by atoms with E-state index in [0.717, 1.165) is 76.7 Å². The van der Waals surface area contributed by atoms with Crippen LogP contribution in [0.3, 0.4) is 0 Å². The molecule has 0 aromatic carbocycles. The van der Waals surface area contributed by atoms with Gasteiger partial charge in [0.2, 0.25) is 0 Å². The summed E-state index contributed by atoms with van der Waals surface area (Å²) < 4.78 is 16.3. The second-order valence-corrected chi connectivity index (χ2v) is 10.0. The fourth-order valence-electron chi connectivity index (χ4n) is 4.29. The fraction of sp³-hybridized carbons (Fsp3) is 0.667. The third-order valence-corrected chi connectivity index (χ3v) is 9.61. The van der Waals surface area contributed by atoms with Crippen LogP contribution in [0.4, 0.5) is 0 Å². The zero-order valence-corrected chi connectivity index (χ0v) is 15.7. The van der Waals surface area contributed by atoms with Crippen molar-refractivity contribution in [2.24, 2.45) is 0 Å². The Morgan fingerprint density at radius 3 is 1.96 bits per heavy atom. The first-order valence-electron chi connectivity index (χ1n) is 9.34. The van der Waals surface area contributed by atoms with Crippen molar-refractivity contribution in [2.75, 3.05) is 65.7 Å². The number of hydrogen-bond acceptors (Lipinski definition) is 6. The molecular weight excluding hydrogens is 335 g/mol. The quantitative estimate of drug-likeness (QED) is 0.713. The van der Waals surface area contributed by atoms with Gasteiger partial charge in [0.15, 0.2) is 0 Å². The highest BCUT2D eigenvalue weighted by atomic mass is 31.2. The highest BCUT2D eigenvalue weighted by Gasteiger charge is 2.40. The van der Waals surface area contributed by atoms with Gasteiger partial charge in [0.05, 0.1) is 39.3 Å². The lowest BCUT2D eigenvalue weighted by molar-refractivity contribution is 0.0583. The van der Waals surface area contributed by atoms with Gasteiger partial charge in [-0.2, -0.15) is 5.26 Å². The molecule has 4 aliphatic rings. The molecule has 0 unspecified atom stereocenters. The van der Waals surface area contributed by atoms with Crippen LogP contribution in [0.2, 0.25) is 0 Å². The maximum Gasteiger partial charge on any atom is 0.104 e. The smallest absolute Gasteiger partial charge is 0.104 e. The maximum atomic E-state index is 10.2. The number of nitrogens with zero attached hydrogens (tertiary/aromatic N) is 4. The minimum atomic E-state index is -1.99. The highest BCUT2D eigenvalue weighted by molar-refractivity contribution is 7.75. The molecule has 4 aliphatic heterocycles. The molecule has 4 rings (SSSR count). The molecule has 3 fully saturated rings. The zero-order chi connectivity index (χ0) is 17.1. The summed E-state index contributed by atoms with van der Waals surface area (Å²) in [4.78, 5) is 2.41. The lowest BCUT2D eigenvalue weighted by atomic mass is 10.3. The van der Waals surface area contributed by atoms with E-state index in [2.05, 4.69) is 38.3 Å². The molecule has 0 amide bonds. The molecule has 0 aromatic heterocycles. The van der Waals surface area contributed by atoms with E-state index in [9.17, 15) is 5.26 Å². The first kappa shape index (κ1) is 17.3. The molecule has 25 heavy (non-hydrogen) atoms. The monoisotopic (exact) mass is 362 g/mol. The van der Waals surface area contributed by atoms with Crippen LogP contribution >= 0.6 is 7.19 Å². The molecule has 0 aromatic rings. The van der Waals surface area contributed by atoms with E-state index in [1.807, 2.05) is 0 Å². The van der Waals surface area contributed by atoms with E-state index < -0.39 is 7.19 Å². The summed E-state index contributed by atoms with van der Waals surface area (Å²) in [6, 6.07) is 2.66. The normalized spacial score (nSPS) is 28.0. The van der Waals surface area contributed by atoms with Crippen LogP contribution in [-0.2, 0) is 9.47 Å². The Morgan fingerprint density at radius 1 is 0.880 bits per heavy atom. The number of allylic oxidation sites excluding steroid dienone is 3. The van der Waals surface area contributed by atoms with Gasteiger partial charge in [-0.05, 0) is 24.7 Å². The summed E-state index contributed by atoms with van der Waals surface area (Å²) >= 11 is 0. The van der Waals surface area contributed by atoms with Crippen molar-refractivity contribution in [1.82, 2.24) is 14.2 Å². The molecule has 3 saturated heterocycles. The third-order valence-electron chi connectivity index (χ3n) is 5.51. The van der Waals surface area contributed by atoms with Crippen LogP contribution in [0, 0.1) is 11.3 Å². The van der Waals surface area contributed by atoms with Gasteiger partial charge in [-0.15, -0.1) is 0 Å². The van der Waals surface area contributed by atoms with Crippen LogP contribution in [-0.4, -0.2) is 85.7 Å². The minimum Gasteiger partial charge on any atom is -0.379 e. The minimum absolute atomic E-state index is 0.751. The lowest BCUT2D eigenvalue weighted by Gasteiger charge is -2.49. The van der Waals surface area contributed by atoms with Crippen LogP contribution < -0.4 is 0 Å². The van der Waals surface area contributed by atoms with Gasteiger partial charge in [-0.25, -0.2) is 0 Å². The second kappa shape index (κ2) is 7.65. The van der Waals surface area contributed by atoms with E-state index in [0.29, 0.717) is 0 Å². The third kappa shape index (κ3) is 3.09. The molecule has 7 heteroatoms. The number of morpholine rings is 2. The highest BCUT2D eigenvalue weighted by Crippen LogP contribution is 2.63. The standard InChI is InChI=1S/C18H27N4O2P/c19-16-18-17(20-5-1-2-6-20)4-3-15-25(18,21-7-11-23-12-8-21)22-9-13-24-14-10-22/h3-4,15H,1-2,5-14H2. The van der Waals surface area contributed by atoms with Crippen LogP contribution in [0.15, 0.2) is 23.2 Å². The van der Waals surface area contributed by atoms with Crippen molar-refractivity contribution >= 4 is 13.0 Å². The van der Waals surface area contributed by atoms with Gasteiger partial charge >= 0.3 is 0 Å². The topological polar surface area (TPSA) is 52.0 Å². The molecule has 0 bridgehead atoms. The van der Waals surface area contributed by atoms with Crippen molar-refractivity contribution in [3.05, 3.63) is 23.2 Å². The van der Waals surface area contributed by atoms with Crippen molar-refractivity contribution in [1.29, 1.82) is 5.26 Å². The Morgan fingerprint density at radius 2 is 1.44 bits per heavy atom. The number of ether oxygens (including phenoxy) is 2. The molecule has 0 saturated carbocycles. The first-order chi connectivity index (χ1) is 12.4. The summed E-state index contributed by atoms with van der Waals surface area (Å²) in [5.74, 6) is 2.34. The summed E-state index contributed by atoms with van der Waals surface area (Å²) in [5.41, 5.74) is 1.16. The molecule has 0 spiro atoms. The van der Waals surface area contributed by atoms with E-state index in [1.165, 1.54) is 12.8 Å². The Hall–Kier alpha value is -1.09. The molecule has 4 heterocycles. The first-order valence-corrected chi connectivity index (χ1v) is 11.1. The second-order valence-electron chi connectivity index (χ2n) is 6.83. The van der Waals surface area contributed by atoms with E-state index in [-0.39, 0.29) is 0 Å². The Labute approximate surface area is 150 Å². The Bertz CT molecular complexity index is 626. The molecule has 0 radical (unpaired) electrons. The van der Waals surface area contributed by atoms with Crippen molar-refractivity contribution in [3.63, 3.8) is 0 Å². The van der Waals surface area contributed by atoms with Gasteiger partial charge < -0.3 is 14.4 Å². The van der Waals surface area contributed by atoms with E-state index in [1.54, 1.807) is 0 Å². The predicted molar refractivity (Wildman–Crippen MR) is 100 cm³/mol. The average Bonchev–Trinajstić information content (AvgIpc) is 3.23. The molecule has 0 aliphatic carbocycles. The van der Waals surface area contributed by atoms with Crippen LogP contribution in [0.5, 0.6) is 0 Å². The summed E-state index contributed by atoms with van der Waals surface area (Å²) in [5, 5.41) is 11.2. The van der Waals surface area contributed by atoms with Gasteiger partial charge in [-0.3, -0.25) is 9.34 Å². The SMILES string of the molecule is N#CC1=C(N2CCCC2)C=CC=P1(N1CCOCC1)N1CCOCC1. The van der Waals surface area contributed by atoms with Gasteiger partial charge in [-0.1, -0.05) is 6.08 Å².